The van der Waals surface area contributed by atoms with E-state index >= 15 is 0 Å². The van der Waals surface area contributed by atoms with Crippen LogP contribution in [-0.4, -0.2) is 30.4 Å². The molecule has 3 aromatic rings. The molecule has 168 valence electrons. The minimum absolute atomic E-state index is 0.248. The van der Waals surface area contributed by atoms with Gasteiger partial charge in [-0.1, -0.05) is 32.9 Å². The molecule has 0 radical (unpaired) electrons. The molecule has 2 N–H and O–H groups in total. The van der Waals surface area contributed by atoms with Gasteiger partial charge >= 0.3 is 0 Å². The van der Waals surface area contributed by atoms with Crippen molar-refractivity contribution in [3.63, 3.8) is 0 Å². The summed E-state index contributed by atoms with van der Waals surface area (Å²) < 4.78 is 39.8. The fourth-order valence-corrected chi connectivity index (χ4v) is 3.40. The molecular formula is C23H25FN4O3S. The lowest BCUT2D eigenvalue weighted by Gasteiger charge is -2.14. The van der Waals surface area contributed by atoms with Crippen LogP contribution in [0.1, 0.15) is 32.0 Å². The molecule has 0 aliphatic carbocycles. The Hall–Kier alpha value is -3.46. The van der Waals surface area contributed by atoms with E-state index in [-0.39, 0.29) is 17.1 Å². The van der Waals surface area contributed by atoms with Gasteiger partial charge in [0, 0.05) is 23.2 Å². The molecule has 2 aromatic carbocycles. The Morgan fingerprint density at radius 2 is 1.69 bits per heavy atom. The SMILES string of the molecule is CC(C)(C)c1cc(NC(=O)/C=C/c2ccc(NS(C)(=O)=O)cc2)n(-c2ccc(F)cc2)n1. The van der Waals surface area contributed by atoms with Crippen molar-refractivity contribution in [2.24, 2.45) is 0 Å². The van der Waals surface area contributed by atoms with Crippen LogP contribution >= 0.6 is 0 Å². The summed E-state index contributed by atoms with van der Waals surface area (Å²) in [6, 6.07) is 14.2. The van der Waals surface area contributed by atoms with Crippen molar-refractivity contribution in [2.75, 3.05) is 16.3 Å². The normalized spacial score (nSPS) is 12.2. The molecule has 0 unspecified atom stereocenters. The summed E-state index contributed by atoms with van der Waals surface area (Å²) in [5, 5.41) is 7.41. The number of benzene rings is 2. The Labute approximate surface area is 187 Å². The van der Waals surface area contributed by atoms with E-state index in [1.165, 1.54) is 18.2 Å². The van der Waals surface area contributed by atoms with Gasteiger partial charge in [-0.15, -0.1) is 0 Å². The van der Waals surface area contributed by atoms with Crippen molar-refractivity contribution in [1.82, 2.24) is 9.78 Å². The van der Waals surface area contributed by atoms with Crippen LogP contribution in [0, 0.1) is 5.82 Å². The van der Waals surface area contributed by atoms with Crippen LogP contribution in [0.3, 0.4) is 0 Å². The highest BCUT2D eigenvalue weighted by Gasteiger charge is 2.21. The number of carbonyl (C=O) groups is 1. The first-order valence-corrected chi connectivity index (χ1v) is 11.7. The predicted octanol–water partition coefficient (Wildman–Crippen LogP) is 4.33. The second-order valence-electron chi connectivity index (χ2n) is 8.37. The highest BCUT2D eigenvalue weighted by molar-refractivity contribution is 7.92. The Morgan fingerprint density at radius 3 is 2.25 bits per heavy atom. The summed E-state index contributed by atoms with van der Waals surface area (Å²) in [7, 11) is -3.35. The van der Waals surface area contributed by atoms with Crippen molar-refractivity contribution in [3.8, 4) is 5.69 Å². The molecular weight excluding hydrogens is 431 g/mol. The van der Waals surface area contributed by atoms with Gasteiger partial charge in [-0.05, 0) is 48.0 Å². The summed E-state index contributed by atoms with van der Waals surface area (Å²) in [5.41, 5.74) is 2.31. The molecule has 0 bridgehead atoms. The van der Waals surface area contributed by atoms with Gasteiger partial charge in [0.2, 0.25) is 15.9 Å². The first-order valence-electron chi connectivity index (χ1n) is 9.84. The van der Waals surface area contributed by atoms with E-state index in [1.807, 2.05) is 20.8 Å². The molecule has 7 nitrogen and oxygen atoms in total. The van der Waals surface area contributed by atoms with E-state index in [4.69, 9.17) is 0 Å². The van der Waals surface area contributed by atoms with Crippen LogP contribution in [0.15, 0.2) is 60.7 Å². The minimum atomic E-state index is -3.35. The van der Waals surface area contributed by atoms with Crippen LogP contribution in [-0.2, 0) is 20.2 Å². The maximum atomic E-state index is 13.3. The van der Waals surface area contributed by atoms with E-state index in [9.17, 15) is 17.6 Å². The zero-order valence-electron chi connectivity index (χ0n) is 18.3. The van der Waals surface area contributed by atoms with Gasteiger partial charge in [-0.25, -0.2) is 17.5 Å². The lowest BCUT2D eigenvalue weighted by Crippen LogP contribution is -2.13. The largest absolute Gasteiger partial charge is 0.307 e. The van der Waals surface area contributed by atoms with Gasteiger partial charge in [0.1, 0.15) is 11.6 Å². The monoisotopic (exact) mass is 456 g/mol. The molecule has 32 heavy (non-hydrogen) atoms. The summed E-state index contributed by atoms with van der Waals surface area (Å²) in [5.74, 6) is -0.265. The average molecular weight is 457 g/mol. The Bertz CT molecular complexity index is 1240. The third-order valence-corrected chi connectivity index (χ3v) is 5.05. The van der Waals surface area contributed by atoms with E-state index in [1.54, 1.807) is 53.2 Å². The minimum Gasteiger partial charge on any atom is -0.307 e. The van der Waals surface area contributed by atoms with Crippen LogP contribution in [0.2, 0.25) is 0 Å². The Balaban J connectivity index is 1.79. The van der Waals surface area contributed by atoms with E-state index in [2.05, 4.69) is 15.1 Å². The van der Waals surface area contributed by atoms with Crippen molar-refractivity contribution in [2.45, 2.75) is 26.2 Å². The molecule has 0 fully saturated rings. The van der Waals surface area contributed by atoms with Gasteiger partial charge in [-0.2, -0.15) is 5.10 Å². The first-order chi connectivity index (χ1) is 14.9. The Kier molecular flexibility index (Phi) is 6.50. The molecule has 9 heteroatoms. The number of anilines is 2. The fraction of sp³-hybridized carbons (Fsp3) is 0.217. The fourth-order valence-electron chi connectivity index (χ4n) is 2.83. The lowest BCUT2D eigenvalue weighted by atomic mass is 9.92. The number of halogens is 1. The molecule has 0 aliphatic rings. The van der Waals surface area contributed by atoms with Crippen molar-refractivity contribution in [3.05, 3.63) is 77.7 Å². The first kappa shape index (κ1) is 23.2. The molecule has 1 amide bonds. The predicted molar refractivity (Wildman–Crippen MR) is 125 cm³/mol. The van der Waals surface area contributed by atoms with Crippen molar-refractivity contribution in [1.29, 1.82) is 0 Å². The maximum absolute atomic E-state index is 13.3. The number of sulfonamides is 1. The molecule has 0 aliphatic heterocycles. The quantitative estimate of drug-likeness (QED) is 0.540. The molecule has 3 rings (SSSR count). The van der Waals surface area contributed by atoms with Crippen molar-refractivity contribution < 1.29 is 17.6 Å². The number of hydrogen-bond acceptors (Lipinski definition) is 4. The second-order valence-corrected chi connectivity index (χ2v) is 10.1. The number of nitrogens with one attached hydrogen (secondary N) is 2. The van der Waals surface area contributed by atoms with Crippen LogP contribution in [0.4, 0.5) is 15.9 Å². The van der Waals surface area contributed by atoms with Gasteiger partial charge < -0.3 is 5.32 Å². The lowest BCUT2D eigenvalue weighted by molar-refractivity contribution is -0.111. The summed E-state index contributed by atoms with van der Waals surface area (Å²) in [6.07, 6.45) is 4.06. The summed E-state index contributed by atoms with van der Waals surface area (Å²) >= 11 is 0. The van der Waals surface area contributed by atoms with Gasteiger partial charge in [-0.3, -0.25) is 9.52 Å². The zero-order chi connectivity index (χ0) is 23.5. The molecule has 0 spiro atoms. The average Bonchev–Trinajstić information content (AvgIpc) is 3.11. The number of aromatic nitrogens is 2. The Morgan fingerprint density at radius 1 is 1.06 bits per heavy atom. The standard InChI is InChI=1S/C23H25FN4O3S/c1-23(2,3)20-15-21(28(26-20)19-12-8-17(24)9-13-19)25-22(29)14-7-16-5-10-18(11-6-16)27-32(4,30)31/h5-15,27H,1-4H3,(H,25,29)/b14-7+. The van der Waals surface area contributed by atoms with Crippen LogP contribution < -0.4 is 10.0 Å². The highest BCUT2D eigenvalue weighted by Crippen LogP contribution is 2.26. The molecule has 1 aromatic heterocycles. The van der Waals surface area contributed by atoms with Crippen LogP contribution in [0.5, 0.6) is 0 Å². The third-order valence-electron chi connectivity index (χ3n) is 4.44. The van der Waals surface area contributed by atoms with E-state index < -0.39 is 10.0 Å². The highest BCUT2D eigenvalue weighted by atomic mass is 32.2. The number of nitrogens with zero attached hydrogens (tertiary/aromatic N) is 2. The molecule has 0 atom stereocenters. The third kappa shape index (κ3) is 6.27. The summed E-state index contributed by atoms with van der Waals surface area (Å²) in [4.78, 5) is 12.5. The molecule has 1 heterocycles. The van der Waals surface area contributed by atoms with E-state index in [0.717, 1.165) is 17.5 Å². The number of hydrogen-bond donors (Lipinski definition) is 2. The molecule has 0 saturated carbocycles. The van der Waals surface area contributed by atoms with Gasteiger partial charge in [0.15, 0.2) is 0 Å². The van der Waals surface area contributed by atoms with Gasteiger partial charge in [0.05, 0.1) is 17.6 Å². The number of carbonyl (C=O) groups excluding carboxylic acids is 1. The number of amides is 1. The topological polar surface area (TPSA) is 93.1 Å². The van der Waals surface area contributed by atoms with Crippen LogP contribution in [0.25, 0.3) is 11.8 Å². The maximum Gasteiger partial charge on any atom is 0.249 e. The van der Waals surface area contributed by atoms with E-state index in [0.29, 0.717) is 17.2 Å². The van der Waals surface area contributed by atoms with Crippen molar-refractivity contribution >= 4 is 33.5 Å². The van der Waals surface area contributed by atoms with Gasteiger partial charge in [0.25, 0.3) is 0 Å². The number of rotatable bonds is 6. The summed E-state index contributed by atoms with van der Waals surface area (Å²) in [6.45, 7) is 6.04. The molecule has 0 saturated heterocycles. The zero-order valence-corrected chi connectivity index (χ0v) is 19.1. The second kappa shape index (κ2) is 8.96. The smallest absolute Gasteiger partial charge is 0.249 e.